The van der Waals surface area contributed by atoms with Crippen LogP contribution >= 0.6 is 0 Å². The number of hydrogen-bond donors (Lipinski definition) is 1. The van der Waals surface area contributed by atoms with Crippen LogP contribution in [0.4, 0.5) is 0 Å². The van der Waals surface area contributed by atoms with E-state index >= 15 is 0 Å². The van der Waals surface area contributed by atoms with Crippen LogP contribution in [0.5, 0.6) is 0 Å². The number of fused-ring (bicyclic) bond motifs is 2. The molecule has 2 aliphatic heterocycles. The highest BCUT2D eigenvalue weighted by atomic mass is 16.4. The quantitative estimate of drug-likeness (QED) is 0.905. The van der Waals surface area contributed by atoms with Crippen molar-refractivity contribution in [2.24, 2.45) is 0 Å². The van der Waals surface area contributed by atoms with Crippen LogP contribution in [-0.4, -0.2) is 58.1 Å². The number of likely N-dealkylation sites (tertiary alicyclic amines) is 1. The highest BCUT2D eigenvalue weighted by molar-refractivity contribution is 5.85. The molecule has 3 rings (SSSR count). The van der Waals surface area contributed by atoms with Crippen LogP contribution in [-0.2, 0) is 6.54 Å². The third-order valence-electron chi connectivity index (χ3n) is 4.64. The molecule has 5 nitrogen and oxygen atoms in total. The molecular formula is C15H21N3O2. The second-order valence-corrected chi connectivity index (χ2v) is 5.89. The molecule has 2 unspecified atom stereocenters. The minimum absolute atomic E-state index is 0.135. The van der Waals surface area contributed by atoms with Gasteiger partial charge in [-0.05, 0) is 38.4 Å². The van der Waals surface area contributed by atoms with Gasteiger partial charge in [-0.1, -0.05) is 6.07 Å². The Kier molecular flexibility index (Phi) is 3.72. The van der Waals surface area contributed by atoms with Crippen molar-refractivity contribution < 1.29 is 9.90 Å². The highest BCUT2D eigenvalue weighted by Gasteiger charge is 2.34. The zero-order chi connectivity index (χ0) is 14.1. The number of carboxylic acids is 1. The average Bonchev–Trinajstić information content (AvgIpc) is 2.67. The Hall–Kier alpha value is -1.46. The number of hydrogen-bond acceptors (Lipinski definition) is 4. The Morgan fingerprint density at radius 3 is 2.95 bits per heavy atom. The zero-order valence-corrected chi connectivity index (χ0v) is 11.8. The van der Waals surface area contributed by atoms with E-state index in [-0.39, 0.29) is 5.69 Å². The third kappa shape index (κ3) is 2.69. The van der Waals surface area contributed by atoms with Gasteiger partial charge in [0.2, 0.25) is 0 Å². The molecule has 0 amide bonds. The summed E-state index contributed by atoms with van der Waals surface area (Å²) in [5, 5.41) is 9.00. The van der Waals surface area contributed by atoms with E-state index in [4.69, 9.17) is 5.11 Å². The lowest BCUT2D eigenvalue weighted by Gasteiger charge is -2.25. The minimum Gasteiger partial charge on any atom is -0.477 e. The van der Waals surface area contributed by atoms with E-state index in [9.17, 15) is 4.79 Å². The average molecular weight is 275 g/mol. The molecule has 3 heterocycles. The molecule has 0 radical (unpaired) electrons. The number of aromatic nitrogens is 1. The normalized spacial score (nSPS) is 27.4. The Morgan fingerprint density at radius 1 is 1.35 bits per heavy atom. The lowest BCUT2D eigenvalue weighted by molar-refractivity contribution is 0.0690. The van der Waals surface area contributed by atoms with E-state index in [2.05, 4.69) is 21.8 Å². The van der Waals surface area contributed by atoms with Gasteiger partial charge in [0, 0.05) is 31.7 Å². The van der Waals surface area contributed by atoms with Gasteiger partial charge in [-0.2, -0.15) is 0 Å². The topological polar surface area (TPSA) is 56.7 Å². The van der Waals surface area contributed by atoms with Gasteiger partial charge in [-0.25, -0.2) is 9.78 Å². The van der Waals surface area contributed by atoms with Gasteiger partial charge in [-0.3, -0.25) is 9.80 Å². The molecular weight excluding hydrogens is 254 g/mol. The van der Waals surface area contributed by atoms with Gasteiger partial charge in [0.25, 0.3) is 0 Å². The van der Waals surface area contributed by atoms with Crippen LogP contribution < -0.4 is 0 Å². The van der Waals surface area contributed by atoms with Crippen molar-refractivity contribution in [2.45, 2.75) is 37.9 Å². The molecule has 20 heavy (non-hydrogen) atoms. The number of carboxylic acid groups (broad SMARTS) is 1. The summed E-state index contributed by atoms with van der Waals surface area (Å²) < 4.78 is 0. The molecule has 1 N–H and O–H groups in total. The molecule has 2 bridgehead atoms. The van der Waals surface area contributed by atoms with Crippen LogP contribution in [0, 0.1) is 0 Å². The van der Waals surface area contributed by atoms with Crippen LogP contribution in [0.15, 0.2) is 18.2 Å². The van der Waals surface area contributed by atoms with Gasteiger partial charge in [0.15, 0.2) is 0 Å². The fourth-order valence-corrected chi connectivity index (χ4v) is 3.44. The van der Waals surface area contributed by atoms with Gasteiger partial charge < -0.3 is 5.11 Å². The molecule has 1 aromatic heterocycles. The second-order valence-electron chi connectivity index (χ2n) is 5.89. The molecule has 0 saturated carbocycles. The molecule has 2 fully saturated rings. The van der Waals surface area contributed by atoms with E-state index < -0.39 is 5.97 Å². The molecule has 2 saturated heterocycles. The van der Waals surface area contributed by atoms with Crippen molar-refractivity contribution in [1.82, 2.24) is 14.8 Å². The lowest BCUT2D eigenvalue weighted by atomic mass is 10.1. The van der Waals surface area contributed by atoms with Crippen LogP contribution in [0.1, 0.15) is 35.4 Å². The first-order valence-electron chi connectivity index (χ1n) is 7.27. The van der Waals surface area contributed by atoms with E-state index in [1.165, 1.54) is 19.3 Å². The number of aromatic carboxylic acids is 1. The number of likely N-dealkylation sites (N-methyl/N-ethyl adjacent to an activating group) is 1. The number of rotatable bonds is 3. The van der Waals surface area contributed by atoms with Gasteiger partial charge in [0.05, 0.1) is 5.69 Å². The summed E-state index contributed by atoms with van der Waals surface area (Å²) >= 11 is 0. The maximum Gasteiger partial charge on any atom is 0.354 e. The van der Waals surface area contributed by atoms with Crippen LogP contribution in [0.25, 0.3) is 0 Å². The van der Waals surface area contributed by atoms with Crippen LogP contribution in [0.3, 0.4) is 0 Å². The first-order valence-corrected chi connectivity index (χ1v) is 7.27. The first-order chi connectivity index (χ1) is 9.63. The monoisotopic (exact) mass is 275 g/mol. The summed E-state index contributed by atoms with van der Waals surface area (Å²) in [6, 6.07) is 6.61. The van der Waals surface area contributed by atoms with Gasteiger partial charge >= 0.3 is 5.97 Å². The maximum absolute atomic E-state index is 11.0. The Labute approximate surface area is 119 Å². The molecule has 1 aromatic rings. The summed E-state index contributed by atoms with van der Waals surface area (Å²) in [5.41, 5.74) is 0.987. The van der Waals surface area contributed by atoms with Crippen LogP contribution in [0.2, 0.25) is 0 Å². The highest BCUT2D eigenvalue weighted by Crippen LogP contribution is 2.28. The van der Waals surface area contributed by atoms with Crippen molar-refractivity contribution in [3.05, 3.63) is 29.6 Å². The zero-order valence-electron chi connectivity index (χ0n) is 11.8. The molecule has 108 valence electrons. The molecule has 2 atom stereocenters. The summed E-state index contributed by atoms with van der Waals surface area (Å²) in [5.74, 6) is -0.957. The van der Waals surface area contributed by atoms with Gasteiger partial charge in [0.1, 0.15) is 5.69 Å². The summed E-state index contributed by atoms with van der Waals surface area (Å²) in [4.78, 5) is 20.1. The Balaban J connectivity index is 1.69. The minimum atomic E-state index is -0.957. The standard InChI is InChI=1S/C15H21N3O2/c1-17-12-5-6-13(17)10-18(8-7-12)9-11-3-2-4-14(16-11)15(19)20/h2-4,12-13H,5-10H2,1H3,(H,19,20). The largest absolute Gasteiger partial charge is 0.477 e. The number of carbonyl (C=O) groups is 1. The molecule has 2 aliphatic rings. The predicted molar refractivity (Wildman–Crippen MR) is 75.7 cm³/mol. The fourth-order valence-electron chi connectivity index (χ4n) is 3.44. The molecule has 0 aliphatic carbocycles. The van der Waals surface area contributed by atoms with E-state index in [0.29, 0.717) is 6.04 Å². The van der Waals surface area contributed by atoms with E-state index in [1.807, 2.05) is 6.07 Å². The fraction of sp³-hybridized carbons (Fsp3) is 0.600. The van der Waals surface area contributed by atoms with Gasteiger partial charge in [-0.15, -0.1) is 0 Å². The molecule has 0 spiro atoms. The van der Waals surface area contributed by atoms with Crippen molar-refractivity contribution in [3.63, 3.8) is 0 Å². The third-order valence-corrected chi connectivity index (χ3v) is 4.64. The maximum atomic E-state index is 11.0. The van der Waals surface area contributed by atoms with Crippen molar-refractivity contribution >= 4 is 5.97 Å². The number of nitrogens with zero attached hydrogens (tertiary/aromatic N) is 3. The van der Waals surface area contributed by atoms with E-state index in [0.717, 1.165) is 31.4 Å². The van der Waals surface area contributed by atoms with Crippen molar-refractivity contribution in [2.75, 3.05) is 20.1 Å². The smallest absolute Gasteiger partial charge is 0.354 e. The predicted octanol–water partition coefficient (Wildman–Crippen LogP) is 1.45. The summed E-state index contributed by atoms with van der Waals surface area (Å²) in [6.07, 6.45) is 3.80. The lowest BCUT2D eigenvalue weighted by Crippen LogP contribution is -2.36. The Bertz CT molecular complexity index is 506. The SMILES string of the molecule is CN1C2CCC1CN(Cc1cccc(C(=O)O)n1)CC2. The molecule has 0 aromatic carbocycles. The molecule has 5 heteroatoms. The van der Waals surface area contributed by atoms with Crippen molar-refractivity contribution in [1.29, 1.82) is 0 Å². The second kappa shape index (κ2) is 5.50. The summed E-state index contributed by atoms with van der Waals surface area (Å²) in [6.45, 7) is 2.88. The number of pyridine rings is 1. The Morgan fingerprint density at radius 2 is 2.15 bits per heavy atom. The van der Waals surface area contributed by atoms with Crippen molar-refractivity contribution in [3.8, 4) is 0 Å². The van der Waals surface area contributed by atoms with E-state index in [1.54, 1.807) is 12.1 Å². The first kappa shape index (κ1) is 13.5. The summed E-state index contributed by atoms with van der Waals surface area (Å²) in [7, 11) is 2.23.